The Morgan fingerprint density at radius 2 is 1.35 bits per heavy atom. The van der Waals surface area contributed by atoms with E-state index in [4.69, 9.17) is 18.9 Å². The zero-order chi connectivity index (χ0) is 19.1. The molecule has 0 saturated heterocycles. The van der Waals surface area contributed by atoms with Gasteiger partial charge in [0.1, 0.15) is 0 Å². The van der Waals surface area contributed by atoms with E-state index < -0.39 is 0 Å². The standard InChI is InChI=1S/C22H28O4/c1-15(11-17-7-9-19(23-3)21(13-17)25-5)16(2)12-18-8-10-20(24-4)22(14-18)26-6/h7-11,13-14,16H,12H2,1-6H3/b15-11+. The fourth-order valence-corrected chi connectivity index (χ4v) is 2.87. The van der Waals surface area contributed by atoms with E-state index in [9.17, 15) is 0 Å². The summed E-state index contributed by atoms with van der Waals surface area (Å²) in [4.78, 5) is 0. The van der Waals surface area contributed by atoms with Crippen LogP contribution in [0.25, 0.3) is 6.08 Å². The average Bonchev–Trinajstić information content (AvgIpc) is 2.67. The largest absolute Gasteiger partial charge is 0.493 e. The molecule has 1 atom stereocenters. The van der Waals surface area contributed by atoms with E-state index in [1.165, 1.54) is 11.1 Å². The highest BCUT2D eigenvalue weighted by atomic mass is 16.5. The maximum atomic E-state index is 5.40. The molecular formula is C22H28O4. The SMILES string of the molecule is COc1ccc(/C=C(\C)C(C)Cc2ccc(OC)c(OC)c2)cc1OC. The van der Waals surface area contributed by atoms with Gasteiger partial charge < -0.3 is 18.9 Å². The Bertz CT molecular complexity index is 765. The smallest absolute Gasteiger partial charge is 0.161 e. The van der Waals surface area contributed by atoms with Gasteiger partial charge in [0.2, 0.25) is 0 Å². The van der Waals surface area contributed by atoms with Crippen molar-refractivity contribution in [3.05, 3.63) is 53.1 Å². The molecule has 0 bridgehead atoms. The number of allylic oxidation sites excluding steroid dienone is 1. The van der Waals surface area contributed by atoms with Crippen LogP contribution in [-0.4, -0.2) is 28.4 Å². The number of methoxy groups -OCH3 is 4. The van der Waals surface area contributed by atoms with Gasteiger partial charge in [0.25, 0.3) is 0 Å². The summed E-state index contributed by atoms with van der Waals surface area (Å²) in [6.45, 7) is 4.38. The van der Waals surface area contributed by atoms with Gasteiger partial charge in [0.15, 0.2) is 23.0 Å². The second-order valence-electron chi connectivity index (χ2n) is 6.30. The molecule has 140 valence electrons. The van der Waals surface area contributed by atoms with Gasteiger partial charge in [-0.3, -0.25) is 0 Å². The summed E-state index contributed by atoms with van der Waals surface area (Å²) in [7, 11) is 6.60. The number of rotatable bonds is 8. The van der Waals surface area contributed by atoms with Crippen molar-refractivity contribution in [2.45, 2.75) is 20.3 Å². The van der Waals surface area contributed by atoms with Crippen LogP contribution in [0.2, 0.25) is 0 Å². The summed E-state index contributed by atoms with van der Waals surface area (Å²) >= 11 is 0. The van der Waals surface area contributed by atoms with Crippen molar-refractivity contribution in [2.75, 3.05) is 28.4 Å². The summed E-state index contributed by atoms with van der Waals surface area (Å²) < 4.78 is 21.4. The van der Waals surface area contributed by atoms with Gasteiger partial charge in [-0.15, -0.1) is 0 Å². The van der Waals surface area contributed by atoms with E-state index in [0.29, 0.717) is 5.92 Å². The molecule has 4 nitrogen and oxygen atoms in total. The molecule has 0 fully saturated rings. The van der Waals surface area contributed by atoms with Crippen LogP contribution in [0.1, 0.15) is 25.0 Å². The highest BCUT2D eigenvalue weighted by Crippen LogP contribution is 2.31. The van der Waals surface area contributed by atoms with Crippen LogP contribution < -0.4 is 18.9 Å². The number of ether oxygens (including phenoxy) is 4. The molecule has 1 unspecified atom stereocenters. The third-order valence-corrected chi connectivity index (χ3v) is 4.57. The molecule has 2 rings (SSSR count). The van der Waals surface area contributed by atoms with E-state index in [-0.39, 0.29) is 0 Å². The zero-order valence-corrected chi connectivity index (χ0v) is 16.5. The predicted octanol–water partition coefficient (Wildman–Crippen LogP) is 5.00. The molecule has 0 spiro atoms. The predicted molar refractivity (Wildman–Crippen MR) is 106 cm³/mol. The van der Waals surface area contributed by atoms with Gasteiger partial charge in [-0.25, -0.2) is 0 Å². The summed E-state index contributed by atoms with van der Waals surface area (Å²) in [5.74, 6) is 3.38. The molecule has 0 aliphatic rings. The van der Waals surface area contributed by atoms with Gasteiger partial charge in [-0.1, -0.05) is 30.7 Å². The molecule has 0 radical (unpaired) electrons. The topological polar surface area (TPSA) is 36.9 Å². The lowest BCUT2D eigenvalue weighted by Gasteiger charge is -2.15. The minimum Gasteiger partial charge on any atom is -0.493 e. The van der Waals surface area contributed by atoms with Crippen molar-refractivity contribution in [3.8, 4) is 23.0 Å². The zero-order valence-electron chi connectivity index (χ0n) is 16.5. The lowest BCUT2D eigenvalue weighted by Crippen LogP contribution is -2.02. The minimum atomic E-state index is 0.390. The van der Waals surface area contributed by atoms with Crippen LogP contribution in [0, 0.1) is 5.92 Å². The molecular weight excluding hydrogens is 328 g/mol. The fourth-order valence-electron chi connectivity index (χ4n) is 2.87. The molecule has 2 aromatic carbocycles. The van der Waals surface area contributed by atoms with Crippen LogP contribution in [0.4, 0.5) is 0 Å². The first-order chi connectivity index (χ1) is 12.5. The number of benzene rings is 2. The Morgan fingerprint density at radius 1 is 0.808 bits per heavy atom. The Balaban J connectivity index is 2.16. The van der Waals surface area contributed by atoms with Crippen LogP contribution in [-0.2, 0) is 6.42 Å². The van der Waals surface area contributed by atoms with Crippen molar-refractivity contribution in [1.29, 1.82) is 0 Å². The second kappa shape index (κ2) is 9.18. The Morgan fingerprint density at radius 3 is 1.92 bits per heavy atom. The third-order valence-electron chi connectivity index (χ3n) is 4.57. The van der Waals surface area contributed by atoms with Crippen molar-refractivity contribution >= 4 is 6.08 Å². The molecule has 2 aromatic rings. The quantitative estimate of drug-likeness (QED) is 0.667. The summed E-state index contributed by atoms with van der Waals surface area (Å²) in [5, 5.41) is 0. The molecule has 0 heterocycles. The van der Waals surface area contributed by atoms with E-state index in [1.54, 1.807) is 28.4 Å². The van der Waals surface area contributed by atoms with Crippen molar-refractivity contribution < 1.29 is 18.9 Å². The van der Waals surface area contributed by atoms with E-state index in [2.05, 4.69) is 26.0 Å². The molecule has 26 heavy (non-hydrogen) atoms. The monoisotopic (exact) mass is 356 g/mol. The highest BCUT2D eigenvalue weighted by Gasteiger charge is 2.10. The summed E-state index contributed by atoms with van der Waals surface area (Å²) in [6.07, 6.45) is 3.11. The van der Waals surface area contributed by atoms with Crippen molar-refractivity contribution in [1.82, 2.24) is 0 Å². The van der Waals surface area contributed by atoms with Gasteiger partial charge in [0.05, 0.1) is 28.4 Å². The van der Waals surface area contributed by atoms with Crippen LogP contribution in [0.15, 0.2) is 42.0 Å². The molecule has 0 aromatic heterocycles. The van der Waals surface area contributed by atoms with Crippen LogP contribution in [0.3, 0.4) is 0 Å². The summed E-state index contributed by atoms with van der Waals surface area (Å²) in [5.41, 5.74) is 3.61. The number of hydrogen-bond acceptors (Lipinski definition) is 4. The minimum absolute atomic E-state index is 0.390. The lowest BCUT2D eigenvalue weighted by atomic mass is 9.93. The molecule has 4 heteroatoms. The maximum Gasteiger partial charge on any atom is 0.161 e. The average molecular weight is 356 g/mol. The molecule has 0 aliphatic carbocycles. The Hall–Kier alpha value is -2.62. The lowest BCUT2D eigenvalue weighted by molar-refractivity contribution is 0.354. The van der Waals surface area contributed by atoms with Gasteiger partial charge in [-0.05, 0) is 54.7 Å². The van der Waals surface area contributed by atoms with Crippen LogP contribution in [0.5, 0.6) is 23.0 Å². The fraction of sp³-hybridized carbons (Fsp3) is 0.364. The number of hydrogen-bond donors (Lipinski definition) is 0. The van der Waals surface area contributed by atoms with E-state index in [0.717, 1.165) is 35.0 Å². The van der Waals surface area contributed by atoms with Crippen LogP contribution >= 0.6 is 0 Å². The van der Waals surface area contributed by atoms with E-state index >= 15 is 0 Å². The van der Waals surface area contributed by atoms with Crippen molar-refractivity contribution in [3.63, 3.8) is 0 Å². The van der Waals surface area contributed by atoms with Crippen molar-refractivity contribution in [2.24, 2.45) is 5.92 Å². The molecule has 0 N–H and O–H groups in total. The van der Waals surface area contributed by atoms with Gasteiger partial charge >= 0.3 is 0 Å². The molecule has 0 aliphatic heterocycles. The highest BCUT2D eigenvalue weighted by molar-refractivity contribution is 5.58. The molecule has 0 amide bonds. The maximum absolute atomic E-state index is 5.40. The first-order valence-corrected chi connectivity index (χ1v) is 8.63. The van der Waals surface area contributed by atoms with Gasteiger partial charge in [0, 0.05) is 0 Å². The van der Waals surface area contributed by atoms with E-state index in [1.807, 2.05) is 30.3 Å². The Kier molecular flexibility index (Phi) is 6.96. The normalized spacial score (nSPS) is 12.5. The third kappa shape index (κ3) is 4.72. The summed E-state index contributed by atoms with van der Waals surface area (Å²) in [6, 6.07) is 12.0. The Labute approximate surface area is 156 Å². The molecule has 0 saturated carbocycles. The van der Waals surface area contributed by atoms with Gasteiger partial charge in [-0.2, -0.15) is 0 Å². The first kappa shape index (κ1) is 19.7. The second-order valence-corrected chi connectivity index (χ2v) is 6.30. The first-order valence-electron chi connectivity index (χ1n) is 8.63.